The molecule has 1 heterocycles. The highest BCUT2D eigenvalue weighted by Gasteiger charge is 2.37. The van der Waals surface area contributed by atoms with Crippen LogP contribution < -0.4 is 10.2 Å². The molecule has 5 nitrogen and oxygen atoms in total. The van der Waals surface area contributed by atoms with Crippen molar-refractivity contribution in [2.75, 3.05) is 4.90 Å². The molecule has 0 spiro atoms. The Bertz CT molecular complexity index is 1110. The number of rotatable bonds is 6. The summed E-state index contributed by atoms with van der Waals surface area (Å²) < 4.78 is 34.7. The number of hydrogen-bond acceptors (Lipinski definition) is 3. The van der Waals surface area contributed by atoms with Crippen LogP contribution in [-0.4, -0.2) is 17.9 Å². The molecule has 1 N–H and O–H groups in total. The highest BCUT2D eigenvalue weighted by Crippen LogP contribution is 2.33. The number of hydrogen-bond donors (Lipinski definition) is 1. The summed E-state index contributed by atoms with van der Waals surface area (Å²) in [6, 6.07) is 11.6. The molecule has 0 unspecified atom stereocenters. The molecule has 7 heteroatoms. The smallest absolute Gasteiger partial charge is 0.294 e. The number of anilines is 1. The van der Waals surface area contributed by atoms with Crippen molar-refractivity contribution < 1.29 is 22.8 Å². The molecule has 2 amide bonds. The summed E-state index contributed by atoms with van der Waals surface area (Å²) in [5, 5.41) is 2.96. The molecule has 3 aromatic rings. The van der Waals surface area contributed by atoms with Crippen molar-refractivity contribution in [3.05, 3.63) is 89.4 Å². The largest absolute Gasteiger partial charge is 0.459 e. The first-order valence-corrected chi connectivity index (χ1v) is 10.6. The number of carbonyl (C=O) groups is 2. The van der Waals surface area contributed by atoms with E-state index in [1.807, 2.05) is 0 Å². The van der Waals surface area contributed by atoms with Gasteiger partial charge in [-0.3, -0.25) is 14.5 Å². The standard InChI is InChI=1S/C25H24F2N2O3/c1-16-12-13-18(15-21(16)27)29(25(31)22-11-6-14-32-22)23(19-9-4-5-10-20(19)26)24(30)28-17-7-2-3-8-17/h4-6,9-15,17,23H,2-3,7-8H2,1H3,(H,28,30)/t23-/m1/s1. The second-order valence-electron chi connectivity index (χ2n) is 8.00. The van der Waals surface area contributed by atoms with Crippen molar-refractivity contribution in [2.45, 2.75) is 44.7 Å². The number of carbonyl (C=O) groups excluding carboxylic acids is 2. The maximum atomic E-state index is 14.9. The van der Waals surface area contributed by atoms with Gasteiger partial charge >= 0.3 is 0 Å². The first-order chi connectivity index (χ1) is 15.5. The van der Waals surface area contributed by atoms with Crippen LogP contribution in [0.2, 0.25) is 0 Å². The fraction of sp³-hybridized carbons (Fsp3) is 0.280. The molecule has 0 bridgehead atoms. The number of nitrogens with one attached hydrogen (secondary N) is 1. The minimum absolute atomic E-state index is 0.0175. The van der Waals surface area contributed by atoms with E-state index in [1.165, 1.54) is 54.8 Å². The van der Waals surface area contributed by atoms with Gasteiger partial charge in [-0.1, -0.05) is 37.1 Å². The molecule has 2 aromatic carbocycles. The van der Waals surface area contributed by atoms with Crippen molar-refractivity contribution in [2.24, 2.45) is 0 Å². The third kappa shape index (κ3) is 4.42. The van der Waals surface area contributed by atoms with E-state index in [9.17, 15) is 18.4 Å². The normalized spacial score (nSPS) is 14.8. The Morgan fingerprint density at radius 1 is 1.03 bits per heavy atom. The average molecular weight is 438 g/mol. The number of furan rings is 1. The van der Waals surface area contributed by atoms with E-state index < -0.39 is 29.5 Å². The lowest BCUT2D eigenvalue weighted by Gasteiger charge is -2.32. The lowest BCUT2D eigenvalue weighted by atomic mass is 10.0. The van der Waals surface area contributed by atoms with Gasteiger partial charge in [-0.05, 0) is 55.7 Å². The van der Waals surface area contributed by atoms with Crippen molar-refractivity contribution in [3.63, 3.8) is 0 Å². The number of nitrogens with zero attached hydrogens (tertiary/aromatic N) is 1. The average Bonchev–Trinajstić information content (AvgIpc) is 3.49. The van der Waals surface area contributed by atoms with Gasteiger partial charge < -0.3 is 9.73 Å². The Balaban J connectivity index is 1.84. The van der Waals surface area contributed by atoms with Gasteiger partial charge in [0.05, 0.1) is 6.26 Å². The Morgan fingerprint density at radius 2 is 1.78 bits per heavy atom. The summed E-state index contributed by atoms with van der Waals surface area (Å²) in [6.45, 7) is 1.60. The zero-order valence-electron chi connectivity index (χ0n) is 17.7. The molecule has 1 fully saturated rings. The fourth-order valence-electron chi connectivity index (χ4n) is 4.08. The van der Waals surface area contributed by atoms with Crippen LogP contribution in [0.4, 0.5) is 14.5 Å². The van der Waals surface area contributed by atoms with E-state index in [4.69, 9.17) is 4.42 Å². The molecule has 1 aromatic heterocycles. The topological polar surface area (TPSA) is 62.6 Å². The second-order valence-corrected chi connectivity index (χ2v) is 8.00. The predicted molar refractivity (Wildman–Crippen MR) is 116 cm³/mol. The van der Waals surface area contributed by atoms with Crippen LogP contribution in [0, 0.1) is 18.6 Å². The summed E-state index contributed by atoms with van der Waals surface area (Å²) in [5.41, 5.74) is 0.533. The lowest BCUT2D eigenvalue weighted by Crippen LogP contribution is -2.46. The molecule has 32 heavy (non-hydrogen) atoms. The van der Waals surface area contributed by atoms with Gasteiger partial charge in [0.1, 0.15) is 17.7 Å². The van der Waals surface area contributed by atoms with Crippen LogP contribution >= 0.6 is 0 Å². The van der Waals surface area contributed by atoms with Crippen LogP contribution in [0.3, 0.4) is 0 Å². The number of aryl methyl sites for hydroxylation is 1. The van der Waals surface area contributed by atoms with E-state index in [0.717, 1.165) is 30.6 Å². The van der Waals surface area contributed by atoms with Gasteiger partial charge in [0.15, 0.2) is 5.76 Å². The second kappa shape index (κ2) is 9.34. The van der Waals surface area contributed by atoms with Gasteiger partial charge in [0.25, 0.3) is 5.91 Å². The van der Waals surface area contributed by atoms with Crippen LogP contribution in [0.1, 0.15) is 53.4 Å². The van der Waals surface area contributed by atoms with Gasteiger partial charge in [-0.2, -0.15) is 0 Å². The molecule has 1 aliphatic rings. The lowest BCUT2D eigenvalue weighted by molar-refractivity contribution is -0.123. The minimum Gasteiger partial charge on any atom is -0.459 e. The van der Waals surface area contributed by atoms with Crippen molar-refractivity contribution in [1.29, 1.82) is 0 Å². The summed E-state index contributed by atoms with van der Waals surface area (Å²) in [7, 11) is 0. The maximum Gasteiger partial charge on any atom is 0.294 e. The van der Waals surface area contributed by atoms with Crippen LogP contribution in [0.25, 0.3) is 0 Å². The molecule has 0 saturated heterocycles. The zero-order valence-corrected chi connectivity index (χ0v) is 17.7. The third-order valence-electron chi connectivity index (χ3n) is 5.79. The molecular weight excluding hydrogens is 414 g/mol. The van der Waals surface area contributed by atoms with Gasteiger partial charge in [0, 0.05) is 17.3 Å². The van der Waals surface area contributed by atoms with Gasteiger partial charge in [0.2, 0.25) is 5.91 Å². The third-order valence-corrected chi connectivity index (χ3v) is 5.79. The van der Waals surface area contributed by atoms with E-state index >= 15 is 0 Å². The van der Waals surface area contributed by atoms with Crippen molar-refractivity contribution in [3.8, 4) is 0 Å². The summed E-state index contributed by atoms with van der Waals surface area (Å²) in [5.74, 6) is -2.41. The van der Waals surface area contributed by atoms with E-state index in [1.54, 1.807) is 13.0 Å². The van der Waals surface area contributed by atoms with E-state index in [0.29, 0.717) is 5.56 Å². The molecule has 4 rings (SSSR count). The molecule has 1 atom stereocenters. The molecule has 0 radical (unpaired) electrons. The van der Waals surface area contributed by atoms with Gasteiger partial charge in [-0.25, -0.2) is 8.78 Å². The highest BCUT2D eigenvalue weighted by molar-refractivity contribution is 6.08. The first kappa shape index (κ1) is 21.7. The van der Waals surface area contributed by atoms with Crippen LogP contribution in [0.15, 0.2) is 65.3 Å². The van der Waals surface area contributed by atoms with E-state index in [-0.39, 0.29) is 23.1 Å². The quantitative estimate of drug-likeness (QED) is 0.567. The van der Waals surface area contributed by atoms with Crippen LogP contribution in [0.5, 0.6) is 0 Å². The SMILES string of the molecule is Cc1ccc(N(C(=O)c2ccco2)[C@@H](C(=O)NC2CCCC2)c2ccccc2F)cc1F. The Morgan fingerprint density at radius 3 is 2.44 bits per heavy atom. The molecular formula is C25H24F2N2O3. The molecule has 166 valence electrons. The predicted octanol–water partition coefficient (Wildman–Crippen LogP) is 5.31. The fourth-order valence-corrected chi connectivity index (χ4v) is 4.08. The highest BCUT2D eigenvalue weighted by atomic mass is 19.1. The van der Waals surface area contributed by atoms with Crippen molar-refractivity contribution in [1.82, 2.24) is 5.32 Å². The number of halogens is 2. The first-order valence-electron chi connectivity index (χ1n) is 10.6. The zero-order chi connectivity index (χ0) is 22.7. The van der Waals surface area contributed by atoms with Crippen molar-refractivity contribution >= 4 is 17.5 Å². The molecule has 1 aliphatic carbocycles. The molecule has 1 saturated carbocycles. The maximum absolute atomic E-state index is 14.9. The Hall–Kier alpha value is -3.48. The number of benzene rings is 2. The summed E-state index contributed by atoms with van der Waals surface area (Å²) in [6.07, 6.45) is 4.96. The monoisotopic (exact) mass is 438 g/mol. The van der Waals surface area contributed by atoms with E-state index in [2.05, 4.69) is 5.32 Å². The Labute approximate surface area is 185 Å². The Kier molecular flexibility index (Phi) is 6.35. The summed E-state index contributed by atoms with van der Waals surface area (Å²) >= 11 is 0. The summed E-state index contributed by atoms with van der Waals surface area (Å²) in [4.78, 5) is 28.1. The minimum atomic E-state index is -1.35. The van der Waals surface area contributed by atoms with Crippen LogP contribution in [-0.2, 0) is 4.79 Å². The number of amides is 2. The molecule has 0 aliphatic heterocycles. The van der Waals surface area contributed by atoms with Gasteiger partial charge in [-0.15, -0.1) is 0 Å².